The summed E-state index contributed by atoms with van der Waals surface area (Å²) >= 11 is 0. The van der Waals surface area contributed by atoms with Gasteiger partial charge in [-0.15, -0.1) is 0 Å². The van der Waals surface area contributed by atoms with Crippen LogP contribution in [0.5, 0.6) is 11.5 Å². The van der Waals surface area contributed by atoms with E-state index < -0.39 is 0 Å². The lowest BCUT2D eigenvalue weighted by atomic mass is 10.2. The maximum Gasteiger partial charge on any atom is 0.223 e. The third-order valence-corrected chi connectivity index (χ3v) is 4.09. The van der Waals surface area contributed by atoms with Gasteiger partial charge >= 0.3 is 0 Å². The summed E-state index contributed by atoms with van der Waals surface area (Å²) in [4.78, 5) is 11.7. The van der Waals surface area contributed by atoms with Crippen LogP contribution >= 0.6 is 0 Å². The molecule has 120 valence electrons. The van der Waals surface area contributed by atoms with Crippen molar-refractivity contribution in [2.75, 3.05) is 20.3 Å². The highest BCUT2D eigenvalue weighted by Crippen LogP contribution is 2.30. The van der Waals surface area contributed by atoms with Crippen LogP contribution in [0.25, 0.3) is 0 Å². The van der Waals surface area contributed by atoms with Crippen LogP contribution in [0.3, 0.4) is 0 Å². The molecule has 5 heteroatoms. The lowest BCUT2D eigenvalue weighted by Crippen LogP contribution is -2.24. The first-order valence-electron chi connectivity index (χ1n) is 7.95. The second-order valence-corrected chi connectivity index (χ2v) is 5.92. The molecule has 5 nitrogen and oxygen atoms in total. The summed E-state index contributed by atoms with van der Waals surface area (Å²) in [6, 6.07) is 5.77. The van der Waals surface area contributed by atoms with Gasteiger partial charge in [-0.3, -0.25) is 4.79 Å². The second kappa shape index (κ2) is 7.01. The molecule has 1 heterocycles. The van der Waals surface area contributed by atoms with Gasteiger partial charge < -0.3 is 19.5 Å². The van der Waals surface area contributed by atoms with Crippen molar-refractivity contribution in [1.29, 1.82) is 0 Å². The van der Waals surface area contributed by atoms with E-state index in [2.05, 4.69) is 5.32 Å². The molecule has 1 atom stereocenters. The van der Waals surface area contributed by atoms with E-state index in [1.165, 1.54) is 0 Å². The number of hydrogen-bond donors (Lipinski definition) is 1. The van der Waals surface area contributed by atoms with Crippen LogP contribution in [0.15, 0.2) is 18.2 Å². The zero-order valence-corrected chi connectivity index (χ0v) is 13.0. The molecule has 1 aliphatic heterocycles. The molecule has 0 bridgehead atoms. The number of methoxy groups -OCH3 is 1. The number of rotatable bonds is 7. The minimum Gasteiger partial charge on any atom is -0.493 e. The Labute approximate surface area is 130 Å². The number of ether oxygens (including phenoxy) is 3. The molecule has 1 amide bonds. The molecule has 1 saturated carbocycles. The van der Waals surface area contributed by atoms with Gasteiger partial charge in [-0.1, -0.05) is 6.07 Å². The first-order chi connectivity index (χ1) is 10.8. The highest BCUT2D eigenvalue weighted by molar-refractivity contribution is 5.80. The predicted octanol–water partition coefficient (Wildman–Crippen LogP) is 2.28. The largest absolute Gasteiger partial charge is 0.493 e. The third kappa shape index (κ3) is 3.91. The molecule has 1 N–H and O–H groups in total. The van der Waals surface area contributed by atoms with Crippen LogP contribution in [0.1, 0.15) is 31.2 Å². The van der Waals surface area contributed by atoms with E-state index in [4.69, 9.17) is 14.2 Å². The maximum absolute atomic E-state index is 11.7. The fourth-order valence-corrected chi connectivity index (χ4v) is 2.58. The highest BCUT2D eigenvalue weighted by atomic mass is 16.5. The third-order valence-electron chi connectivity index (χ3n) is 4.09. The van der Waals surface area contributed by atoms with Gasteiger partial charge in [-0.2, -0.15) is 0 Å². The maximum atomic E-state index is 11.7. The van der Waals surface area contributed by atoms with Crippen molar-refractivity contribution in [1.82, 2.24) is 5.32 Å². The molecule has 1 saturated heterocycles. The van der Waals surface area contributed by atoms with Crippen molar-refractivity contribution in [3.8, 4) is 11.5 Å². The SMILES string of the molecule is COc1cc(CNC(=O)C2CC2)ccc1OCC1CCCO1. The standard InChI is InChI=1S/C17H23NO4/c1-20-16-9-12(10-18-17(19)13-5-6-13)4-7-15(16)22-11-14-3-2-8-21-14/h4,7,9,13-14H,2-3,5-6,8,10-11H2,1H3,(H,18,19). The van der Waals surface area contributed by atoms with Crippen molar-refractivity contribution in [3.63, 3.8) is 0 Å². The molecule has 1 aromatic rings. The molecule has 1 aromatic carbocycles. The lowest BCUT2D eigenvalue weighted by molar-refractivity contribution is -0.122. The van der Waals surface area contributed by atoms with E-state index in [1.807, 2.05) is 18.2 Å². The van der Waals surface area contributed by atoms with Crippen molar-refractivity contribution >= 4 is 5.91 Å². The Bertz CT molecular complexity index is 521. The molecule has 1 unspecified atom stereocenters. The van der Waals surface area contributed by atoms with Gasteiger partial charge in [0, 0.05) is 19.1 Å². The van der Waals surface area contributed by atoms with Crippen LogP contribution in [-0.4, -0.2) is 32.3 Å². The molecule has 2 aliphatic rings. The quantitative estimate of drug-likeness (QED) is 0.839. The first kappa shape index (κ1) is 15.2. The summed E-state index contributed by atoms with van der Waals surface area (Å²) in [7, 11) is 1.63. The Balaban J connectivity index is 1.55. The fourth-order valence-electron chi connectivity index (χ4n) is 2.58. The molecule has 0 radical (unpaired) electrons. The summed E-state index contributed by atoms with van der Waals surface area (Å²) in [6.07, 6.45) is 4.37. The average molecular weight is 305 g/mol. The van der Waals surface area contributed by atoms with Gasteiger partial charge in [-0.05, 0) is 43.4 Å². The second-order valence-electron chi connectivity index (χ2n) is 5.92. The molecular formula is C17H23NO4. The van der Waals surface area contributed by atoms with Crippen LogP contribution in [0, 0.1) is 5.92 Å². The Kier molecular flexibility index (Phi) is 4.83. The summed E-state index contributed by atoms with van der Waals surface area (Å²) in [5.41, 5.74) is 1.01. The number of carbonyl (C=O) groups excluding carboxylic acids is 1. The van der Waals surface area contributed by atoms with Crippen molar-refractivity contribution in [3.05, 3.63) is 23.8 Å². The minimum atomic E-state index is 0.151. The number of nitrogens with one attached hydrogen (secondary N) is 1. The molecule has 3 rings (SSSR count). The van der Waals surface area contributed by atoms with E-state index in [1.54, 1.807) is 7.11 Å². The summed E-state index contributed by atoms with van der Waals surface area (Å²) < 4.78 is 16.7. The van der Waals surface area contributed by atoms with Crippen molar-refractivity contribution in [2.24, 2.45) is 5.92 Å². The summed E-state index contributed by atoms with van der Waals surface area (Å²) in [6.45, 7) is 1.90. The number of benzene rings is 1. The van der Waals surface area contributed by atoms with Gasteiger partial charge in [0.15, 0.2) is 11.5 Å². The smallest absolute Gasteiger partial charge is 0.223 e. The highest BCUT2D eigenvalue weighted by Gasteiger charge is 2.29. The first-order valence-corrected chi connectivity index (χ1v) is 7.95. The molecule has 1 aliphatic carbocycles. The number of carbonyl (C=O) groups is 1. The zero-order chi connectivity index (χ0) is 15.4. The van der Waals surface area contributed by atoms with Crippen LogP contribution in [0.4, 0.5) is 0 Å². The molecule has 2 fully saturated rings. The minimum absolute atomic E-state index is 0.151. The Hall–Kier alpha value is -1.75. The van der Waals surface area contributed by atoms with E-state index >= 15 is 0 Å². The van der Waals surface area contributed by atoms with E-state index in [0.29, 0.717) is 18.9 Å². The molecule has 22 heavy (non-hydrogen) atoms. The van der Waals surface area contributed by atoms with Crippen molar-refractivity contribution in [2.45, 2.75) is 38.3 Å². The monoisotopic (exact) mass is 305 g/mol. The van der Waals surface area contributed by atoms with Crippen LogP contribution in [0.2, 0.25) is 0 Å². The van der Waals surface area contributed by atoms with Gasteiger partial charge in [0.05, 0.1) is 13.2 Å². The van der Waals surface area contributed by atoms with Gasteiger partial charge in [0.1, 0.15) is 6.61 Å². The topological polar surface area (TPSA) is 56.8 Å². The van der Waals surface area contributed by atoms with Gasteiger partial charge in [0.25, 0.3) is 0 Å². The van der Waals surface area contributed by atoms with E-state index in [9.17, 15) is 4.79 Å². The Morgan fingerprint density at radius 3 is 2.86 bits per heavy atom. The normalized spacial score (nSPS) is 20.7. The average Bonchev–Trinajstić information content (AvgIpc) is 3.27. The van der Waals surface area contributed by atoms with E-state index in [0.717, 1.165) is 43.6 Å². The lowest BCUT2D eigenvalue weighted by Gasteiger charge is -2.15. The molecular weight excluding hydrogens is 282 g/mol. The van der Waals surface area contributed by atoms with Crippen LogP contribution in [-0.2, 0) is 16.1 Å². The number of amides is 1. The fraction of sp³-hybridized carbons (Fsp3) is 0.588. The summed E-state index contributed by atoms with van der Waals surface area (Å²) in [5.74, 6) is 1.79. The van der Waals surface area contributed by atoms with Crippen LogP contribution < -0.4 is 14.8 Å². The zero-order valence-electron chi connectivity index (χ0n) is 13.0. The number of hydrogen-bond acceptors (Lipinski definition) is 4. The summed E-state index contributed by atoms with van der Waals surface area (Å²) in [5, 5.41) is 2.95. The molecule has 0 spiro atoms. The van der Waals surface area contributed by atoms with Gasteiger partial charge in [0.2, 0.25) is 5.91 Å². The van der Waals surface area contributed by atoms with Gasteiger partial charge in [-0.25, -0.2) is 0 Å². The van der Waals surface area contributed by atoms with Crippen molar-refractivity contribution < 1.29 is 19.0 Å². The molecule has 0 aromatic heterocycles. The predicted molar refractivity (Wildman–Crippen MR) is 82.0 cm³/mol. The van der Waals surface area contributed by atoms with E-state index in [-0.39, 0.29) is 17.9 Å². The Morgan fingerprint density at radius 1 is 1.32 bits per heavy atom. The Morgan fingerprint density at radius 2 is 2.18 bits per heavy atom.